The van der Waals surface area contributed by atoms with Gasteiger partial charge in [0.05, 0.1) is 6.42 Å². The summed E-state index contributed by atoms with van der Waals surface area (Å²) in [5.41, 5.74) is 5.11. The van der Waals surface area contributed by atoms with Crippen molar-refractivity contribution in [2.45, 2.75) is 25.8 Å². The van der Waals surface area contributed by atoms with Crippen LogP contribution in [0.1, 0.15) is 19.4 Å². The van der Waals surface area contributed by atoms with Gasteiger partial charge in [-0.3, -0.25) is 4.79 Å². The fourth-order valence-electron chi connectivity index (χ4n) is 1.44. The zero-order valence-electron chi connectivity index (χ0n) is 10.8. The Morgan fingerprint density at radius 1 is 1.39 bits per heavy atom. The van der Waals surface area contributed by atoms with Gasteiger partial charge in [0.2, 0.25) is 5.91 Å². The second-order valence-corrected chi connectivity index (χ2v) is 4.86. The largest absolute Gasteiger partial charge is 0.339 e. The second-order valence-electron chi connectivity index (χ2n) is 4.86. The Balaban J connectivity index is 2.85. The minimum atomic E-state index is -0.968. The zero-order valence-corrected chi connectivity index (χ0v) is 10.8. The molecule has 0 aliphatic carbocycles. The van der Waals surface area contributed by atoms with Crippen molar-refractivity contribution in [1.82, 2.24) is 4.90 Å². The highest BCUT2D eigenvalue weighted by Crippen LogP contribution is 2.16. The standard InChI is InChI=1S/C13H18F2N2O/c1-13(2,8-16)17(3)11(18)7-9-5-4-6-10(14)12(9)15/h4-6H,7-8,16H2,1-3H3. The van der Waals surface area contributed by atoms with E-state index in [1.54, 1.807) is 7.05 Å². The van der Waals surface area contributed by atoms with Crippen LogP contribution in [-0.4, -0.2) is 29.9 Å². The van der Waals surface area contributed by atoms with E-state index in [1.807, 2.05) is 13.8 Å². The molecule has 0 radical (unpaired) electrons. The lowest BCUT2D eigenvalue weighted by atomic mass is 10.0. The summed E-state index contributed by atoms with van der Waals surface area (Å²) in [4.78, 5) is 13.4. The van der Waals surface area contributed by atoms with E-state index in [0.29, 0.717) is 6.54 Å². The molecule has 0 spiro atoms. The molecule has 18 heavy (non-hydrogen) atoms. The van der Waals surface area contributed by atoms with Crippen LogP contribution in [0.15, 0.2) is 18.2 Å². The summed E-state index contributed by atoms with van der Waals surface area (Å²) in [5.74, 6) is -2.21. The molecule has 0 heterocycles. The summed E-state index contributed by atoms with van der Waals surface area (Å²) in [6.07, 6.45) is -0.177. The minimum Gasteiger partial charge on any atom is -0.339 e. The molecule has 1 aromatic rings. The van der Waals surface area contributed by atoms with Crippen molar-refractivity contribution in [3.63, 3.8) is 0 Å². The van der Waals surface area contributed by atoms with Crippen LogP contribution in [0, 0.1) is 11.6 Å². The van der Waals surface area contributed by atoms with Gasteiger partial charge in [0.1, 0.15) is 0 Å². The first-order valence-corrected chi connectivity index (χ1v) is 5.69. The van der Waals surface area contributed by atoms with Crippen LogP contribution in [0.3, 0.4) is 0 Å². The average Bonchev–Trinajstić information content (AvgIpc) is 2.33. The number of likely N-dealkylation sites (N-methyl/N-ethyl adjacent to an activating group) is 1. The van der Waals surface area contributed by atoms with Gasteiger partial charge >= 0.3 is 0 Å². The summed E-state index contributed by atoms with van der Waals surface area (Å²) >= 11 is 0. The zero-order chi connectivity index (χ0) is 13.9. The van der Waals surface area contributed by atoms with Gasteiger partial charge < -0.3 is 10.6 Å². The summed E-state index contributed by atoms with van der Waals surface area (Å²) in [6, 6.07) is 3.81. The molecule has 0 bridgehead atoms. The van der Waals surface area contributed by atoms with Gasteiger partial charge in [-0.15, -0.1) is 0 Å². The van der Waals surface area contributed by atoms with E-state index in [1.165, 1.54) is 17.0 Å². The van der Waals surface area contributed by atoms with Crippen molar-refractivity contribution < 1.29 is 13.6 Å². The lowest BCUT2D eigenvalue weighted by Gasteiger charge is -2.34. The molecule has 0 aliphatic heterocycles. The first-order chi connectivity index (χ1) is 8.29. The molecule has 100 valence electrons. The monoisotopic (exact) mass is 256 g/mol. The molecule has 0 saturated heterocycles. The number of carbonyl (C=O) groups is 1. The number of hydrogen-bond acceptors (Lipinski definition) is 2. The summed E-state index contributed by atoms with van der Waals surface area (Å²) < 4.78 is 26.4. The van der Waals surface area contributed by atoms with Crippen LogP contribution in [0.4, 0.5) is 8.78 Å². The number of halogens is 2. The van der Waals surface area contributed by atoms with Gasteiger partial charge in [-0.1, -0.05) is 12.1 Å². The second kappa shape index (κ2) is 5.44. The molecule has 0 unspecified atom stereocenters. The molecule has 0 saturated carbocycles. The first-order valence-electron chi connectivity index (χ1n) is 5.69. The minimum absolute atomic E-state index is 0.0553. The molecule has 0 fully saturated rings. The maximum Gasteiger partial charge on any atom is 0.227 e. The third-order valence-corrected chi connectivity index (χ3v) is 3.15. The van der Waals surface area contributed by atoms with Crippen molar-refractivity contribution in [3.8, 4) is 0 Å². The van der Waals surface area contributed by atoms with E-state index < -0.39 is 17.2 Å². The molecular weight excluding hydrogens is 238 g/mol. The number of benzene rings is 1. The third kappa shape index (κ3) is 3.04. The molecule has 3 nitrogen and oxygen atoms in total. The van der Waals surface area contributed by atoms with E-state index in [9.17, 15) is 13.6 Å². The van der Waals surface area contributed by atoms with E-state index in [2.05, 4.69) is 0 Å². The van der Waals surface area contributed by atoms with Crippen molar-refractivity contribution in [2.75, 3.05) is 13.6 Å². The fourth-order valence-corrected chi connectivity index (χ4v) is 1.44. The van der Waals surface area contributed by atoms with Crippen LogP contribution in [-0.2, 0) is 11.2 Å². The maximum absolute atomic E-state index is 13.4. The van der Waals surface area contributed by atoms with Crippen molar-refractivity contribution >= 4 is 5.91 Å². The first kappa shape index (κ1) is 14.6. The van der Waals surface area contributed by atoms with Crippen LogP contribution in [0.5, 0.6) is 0 Å². The molecule has 2 N–H and O–H groups in total. The van der Waals surface area contributed by atoms with Crippen LogP contribution >= 0.6 is 0 Å². The normalized spacial score (nSPS) is 11.4. The summed E-state index contributed by atoms with van der Waals surface area (Å²) in [5, 5.41) is 0. The lowest BCUT2D eigenvalue weighted by Crippen LogP contribution is -2.50. The van der Waals surface area contributed by atoms with Crippen molar-refractivity contribution in [3.05, 3.63) is 35.4 Å². The molecule has 0 aliphatic rings. The predicted molar refractivity (Wildman–Crippen MR) is 66.0 cm³/mol. The number of hydrogen-bond donors (Lipinski definition) is 1. The van der Waals surface area contributed by atoms with Crippen LogP contribution in [0.25, 0.3) is 0 Å². The number of carbonyl (C=O) groups excluding carboxylic acids is 1. The Labute approximate surface area is 106 Å². The number of rotatable bonds is 4. The molecule has 1 aromatic carbocycles. The lowest BCUT2D eigenvalue weighted by molar-refractivity contribution is -0.133. The Hall–Kier alpha value is -1.49. The highest BCUT2D eigenvalue weighted by atomic mass is 19.2. The number of amides is 1. The topological polar surface area (TPSA) is 46.3 Å². The van der Waals surface area contributed by atoms with Gasteiger partial charge in [-0.25, -0.2) is 8.78 Å². The molecule has 5 heteroatoms. The predicted octanol–water partition coefficient (Wildman–Crippen LogP) is 1.70. The van der Waals surface area contributed by atoms with E-state index in [-0.39, 0.29) is 17.9 Å². The Kier molecular flexibility index (Phi) is 4.40. The van der Waals surface area contributed by atoms with Gasteiger partial charge in [0.25, 0.3) is 0 Å². The van der Waals surface area contributed by atoms with Crippen LogP contribution < -0.4 is 5.73 Å². The number of nitrogens with two attached hydrogens (primary N) is 1. The highest BCUT2D eigenvalue weighted by Gasteiger charge is 2.26. The maximum atomic E-state index is 13.4. The van der Waals surface area contributed by atoms with Gasteiger partial charge in [0, 0.05) is 24.7 Å². The van der Waals surface area contributed by atoms with Crippen molar-refractivity contribution in [2.24, 2.45) is 5.73 Å². The summed E-state index contributed by atoms with van der Waals surface area (Å²) in [7, 11) is 1.60. The molecule has 1 rings (SSSR count). The average molecular weight is 256 g/mol. The molecule has 1 amide bonds. The number of nitrogens with zero attached hydrogens (tertiary/aromatic N) is 1. The van der Waals surface area contributed by atoms with E-state index in [4.69, 9.17) is 5.73 Å². The highest BCUT2D eigenvalue weighted by molar-refractivity contribution is 5.79. The Bertz CT molecular complexity index is 447. The van der Waals surface area contributed by atoms with Gasteiger partial charge in [-0.05, 0) is 19.9 Å². The van der Waals surface area contributed by atoms with Gasteiger partial charge in [-0.2, -0.15) is 0 Å². The SMILES string of the molecule is CN(C(=O)Cc1cccc(F)c1F)C(C)(C)CN. The smallest absolute Gasteiger partial charge is 0.227 e. The third-order valence-electron chi connectivity index (χ3n) is 3.15. The molecule has 0 atom stereocenters. The quantitative estimate of drug-likeness (QED) is 0.891. The van der Waals surface area contributed by atoms with E-state index in [0.717, 1.165) is 6.07 Å². The fraction of sp³-hybridized carbons (Fsp3) is 0.462. The molecular formula is C13H18F2N2O. The molecule has 0 aromatic heterocycles. The van der Waals surface area contributed by atoms with E-state index >= 15 is 0 Å². The Morgan fingerprint density at radius 3 is 2.56 bits per heavy atom. The van der Waals surface area contributed by atoms with Crippen molar-refractivity contribution in [1.29, 1.82) is 0 Å². The summed E-state index contributed by atoms with van der Waals surface area (Å²) in [6.45, 7) is 3.92. The van der Waals surface area contributed by atoms with Gasteiger partial charge in [0.15, 0.2) is 11.6 Å². The Morgan fingerprint density at radius 2 is 2.00 bits per heavy atom. The van der Waals surface area contributed by atoms with Crippen LogP contribution in [0.2, 0.25) is 0 Å².